The molecule has 0 spiro atoms. The highest BCUT2D eigenvalue weighted by atomic mass is 16.5. The van der Waals surface area contributed by atoms with Crippen molar-refractivity contribution in [2.75, 3.05) is 6.54 Å². The Balaban J connectivity index is 3.91. The molecule has 0 radical (unpaired) electrons. The largest absolute Gasteiger partial charge is 0.461 e. The average Bonchev–Trinajstić information content (AvgIpc) is 2.27. The first-order valence-corrected chi connectivity index (χ1v) is 6.15. The monoisotopic (exact) mass is 241 g/mol. The number of rotatable bonds is 9. The number of nitrogens with one attached hydrogen (secondary N) is 1. The van der Waals surface area contributed by atoms with Crippen LogP contribution in [0, 0.1) is 0 Å². The Morgan fingerprint density at radius 2 is 2.12 bits per heavy atom. The van der Waals surface area contributed by atoms with E-state index in [4.69, 9.17) is 4.74 Å². The van der Waals surface area contributed by atoms with Gasteiger partial charge in [0.2, 0.25) is 5.91 Å². The smallest absolute Gasteiger partial charge is 0.325 e. The fourth-order valence-electron chi connectivity index (χ4n) is 1.50. The number of carbonyl (C=O) groups is 2. The minimum Gasteiger partial charge on any atom is -0.461 e. The zero-order chi connectivity index (χ0) is 13.1. The Kier molecular flexibility index (Phi) is 9.11. The zero-order valence-electron chi connectivity index (χ0n) is 10.8. The number of allylic oxidation sites excluding steroid dienone is 1. The lowest BCUT2D eigenvalue weighted by Crippen LogP contribution is -2.31. The molecule has 0 rings (SSSR count). The fourth-order valence-corrected chi connectivity index (χ4v) is 1.50. The zero-order valence-corrected chi connectivity index (χ0v) is 10.8. The van der Waals surface area contributed by atoms with Crippen LogP contribution in [0.2, 0.25) is 0 Å². The molecule has 4 heteroatoms. The maximum Gasteiger partial charge on any atom is 0.325 e. The Bertz CT molecular complexity index is 251. The van der Waals surface area contributed by atoms with Crippen molar-refractivity contribution in [2.45, 2.75) is 52.1 Å². The van der Waals surface area contributed by atoms with Crippen LogP contribution in [0.15, 0.2) is 12.7 Å². The summed E-state index contributed by atoms with van der Waals surface area (Å²) in [6.07, 6.45) is 6.43. The number of hydrogen-bond acceptors (Lipinski definition) is 3. The minimum absolute atomic E-state index is 0.0405. The van der Waals surface area contributed by atoms with E-state index in [1.807, 2.05) is 6.08 Å². The predicted molar refractivity (Wildman–Crippen MR) is 67.5 cm³/mol. The molecule has 0 aromatic rings. The molecule has 0 aromatic carbocycles. The van der Waals surface area contributed by atoms with E-state index in [1.54, 1.807) is 0 Å². The molecule has 4 nitrogen and oxygen atoms in total. The van der Waals surface area contributed by atoms with Gasteiger partial charge in [0.15, 0.2) is 0 Å². The van der Waals surface area contributed by atoms with E-state index < -0.39 is 0 Å². The van der Waals surface area contributed by atoms with E-state index in [0.717, 1.165) is 32.1 Å². The lowest BCUT2D eigenvalue weighted by molar-refractivity contribution is -0.149. The molecule has 0 saturated heterocycles. The van der Waals surface area contributed by atoms with Crippen LogP contribution in [-0.4, -0.2) is 24.5 Å². The molecule has 0 aromatic heterocycles. The summed E-state index contributed by atoms with van der Waals surface area (Å²) in [5.41, 5.74) is 0. The first-order valence-electron chi connectivity index (χ1n) is 6.15. The Labute approximate surface area is 103 Å². The van der Waals surface area contributed by atoms with Crippen molar-refractivity contribution in [1.82, 2.24) is 5.32 Å². The van der Waals surface area contributed by atoms with Gasteiger partial charge in [0.1, 0.15) is 12.6 Å². The highest BCUT2D eigenvalue weighted by Gasteiger charge is 2.13. The summed E-state index contributed by atoms with van der Waals surface area (Å²) in [4.78, 5) is 22.0. The van der Waals surface area contributed by atoms with Crippen molar-refractivity contribution in [2.24, 2.45) is 0 Å². The number of esters is 1. The molecule has 17 heavy (non-hydrogen) atoms. The molecular weight excluding hydrogens is 218 g/mol. The average molecular weight is 241 g/mol. The molecule has 98 valence electrons. The van der Waals surface area contributed by atoms with E-state index in [1.165, 1.54) is 6.92 Å². The van der Waals surface area contributed by atoms with Gasteiger partial charge in [-0.05, 0) is 25.7 Å². The highest BCUT2D eigenvalue weighted by Crippen LogP contribution is 2.11. The summed E-state index contributed by atoms with van der Waals surface area (Å²) in [6, 6.07) is 0. The van der Waals surface area contributed by atoms with E-state index in [9.17, 15) is 9.59 Å². The summed E-state index contributed by atoms with van der Waals surface area (Å²) >= 11 is 0. The lowest BCUT2D eigenvalue weighted by atomic mass is 10.1. The number of hydrogen-bond donors (Lipinski definition) is 1. The summed E-state index contributed by atoms with van der Waals surface area (Å²) in [7, 11) is 0. The first kappa shape index (κ1) is 15.7. The maximum atomic E-state index is 11.4. The van der Waals surface area contributed by atoms with Crippen molar-refractivity contribution < 1.29 is 14.3 Å². The van der Waals surface area contributed by atoms with Crippen molar-refractivity contribution in [1.29, 1.82) is 0 Å². The Morgan fingerprint density at radius 3 is 2.65 bits per heavy atom. The molecule has 0 saturated carbocycles. The van der Waals surface area contributed by atoms with E-state index >= 15 is 0 Å². The second-order valence-corrected chi connectivity index (χ2v) is 4.03. The van der Waals surface area contributed by atoms with E-state index in [0.29, 0.717) is 0 Å². The first-order chi connectivity index (χ1) is 8.10. The SMILES string of the molecule is C=CCCCC(CCC)OC(=O)CNC(C)=O. The number of unbranched alkanes of at least 4 members (excludes halogenated alkanes) is 1. The molecule has 1 amide bonds. The van der Waals surface area contributed by atoms with Gasteiger partial charge in [0.05, 0.1) is 0 Å². The fraction of sp³-hybridized carbons (Fsp3) is 0.692. The summed E-state index contributed by atoms with van der Waals surface area (Å²) in [6.45, 7) is 7.05. The van der Waals surface area contributed by atoms with Crippen LogP contribution in [-0.2, 0) is 14.3 Å². The third-order valence-corrected chi connectivity index (χ3v) is 2.32. The molecular formula is C13H23NO3. The molecule has 0 aliphatic rings. The number of ether oxygens (including phenoxy) is 1. The molecule has 0 aliphatic heterocycles. The van der Waals surface area contributed by atoms with Gasteiger partial charge in [-0.15, -0.1) is 6.58 Å². The van der Waals surface area contributed by atoms with Crippen molar-refractivity contribution in [3.05, 3.63) is 12.7 Å². The lowest BCUT2D eigenvalue weighted by Gasteiger charge is -2.17. The van der Waals surface area contributed by atoms with Crippen molar-refractivity contribution >= 4 is 11.9 Å². The van der Waals surface area contributed by atoms with Crippen molar-refractivity contribution in [3.63, 3.8) is 0 Å². The Morgan fingerprint density at radius 1 is 1.41 bits per heavy atom. The van der Waals surface area contributed by atoms with Crippen LogP contribution in [0.25, 0.3) is 0 Å². The van der Waals surface area contributed by atoms with Gasteiger partial charge in [-0.25, -0.2) is 0 Å². The van der Waals surface area contributed by atoms with E-state index in [-0.39, 0.29) is 24.5 Å². The standard InChI is InChI=1S/C13H23NO3/c1-4-6-7-9-12(8-5-2)17-13(16)10-14-11(3)15/h4,12H,1,5-10H2,2-3H3,(H,14,15). The van der Waals surface area contributed by atoms with Gasteiger partial charge in [-0.1, -0.05) is 19.4 Å². The third kappa shape index (κ3) is 9.60. The van der Waals surface area contributed by atoms with Crippen LogP contribution in [0.3, 0.4) is 0 Å². The summed E-state index contributed by atoms with van der Waals surface area (Å²) < 4.78 is 5.30. The summed E-state index contributed by atoms with van der Waals surface area (Å²) in [5.74, 6) is -0.585. The topological polar surface area (TPSA) is 55.4 Å². The molecule has 0 bridgehead atoms. The normalized spacial score (nSPS) is 11.6. The second-order valence-electron chi connectivity index (χ2n) is 4.03. The van der Waals surface area contributed by atoms with Crippen LogP contribution in [0.5, 0.6) is 0 Å². The van der Waals surface area contributed by atoms with Gasteiger partial charge < -0.3 is 10.1 Å². The predicted octanol–water partition coefficient (Wildman–Crippen LogP) is 2.19. The van der Waals surface area contributed by atoms with Gasteiger partial charge in [-0.2, -0.15) is 0 Å². The van der Waals surface area contributed by atoms with Crippen molar-refractivity contribution in [3.8, 4) is 0 Å². The molecule has 0 heterocycles. The van der Waals surface area contributed by atoms with Crippen LogP contribution < -0.4 is 5.32 Å². The summed E-state index contributed by atoms with van der Waals surface area (Å²) in [5, 5.41) is 2.43. The minimum atomic E-state index is -0.364. The molecule has 1 atom stereocenters. The quantitative estimate of drug-likeness (QED) is 0.382. The molecule has 1 unspecified atom stereocenters. The van der Waals surface area contributed by atoms with Crippen LogP contribution in [0.1, 0.15) is 46.0 Å². The molecule has 0 fully saturated rings. The van der Waals surface area contributed by atoms with Crippen LogP contribution >= 0.6 is 0 Å². The Hall–Kier alpha value is -1.32. The van der Waals surface area contributed by atoms with Crippen LogP contribution in [0.4, 0.5) is 0 Å². The van der Waals surface area contributed by atoms with Gasteiger partial charge in [0, 0.05) is 6.92 Å². The molecule has 0 aliphatic carbocycles. The van der Waals surface area contributed by atoms with E-state index in [2.05, 4.69) is 18.8 Å². The van der Waals surface area contributed by atoms with Gasteiger partial charge >= 0.3 is 5.97 Å². The molecule has 1 N–H and O–H groups in total. The second kappa shape index (κ2) is 9.87. The maximum absolute atomic E-state index is 11.4. The number of amides is 1. The number of carbonyl (C=O) groups excluding carboxylic acids is 2. The highest BCUT2D eigenvalue weighted by molar-refractivity contribution is 5.80. The van der Waals surface area contributed by atoms with Gasteiger partial charge in [0.25, 0.3) is 0 Å². The third-order valence-electron chi connectivity index (χ3n) is 2.32. The van der Waals surface area contributed by atoms with Gasteiger partial charge in [-0.3, -0.25) is 9.59 Å².